The van der Waals surface area contributed by atoms with E-state index in [2.05, 4.69) is 5.32 Å². The molecule has 0 atom stereocenters. The molecule has 0 radical (unpaired) electrons. The maximum Gasteiger partial charge on any atom is 0.251 e. The van der Waals surface area contributed by atoms with Gasteiger partial charge in [-0.3, -0.25) is 19.3 Å². The minimum atomic E-state index is -0.197. The molecule has 1 aliphatic carbocycles. The van der Waals surface area contributed by atoms with E-state index in [4.69, 9.17) is 0 Å². The Morgan fingerprint density at radius 2 is 1.64 bits per heavy atom. The number of hydrogen-bond acceptors (Lipinski definition) is 3. The highest BCUT2D eigenvalue weighted by Gasteiger charge is 2.30. The standard InChI is InChI=1S/C20H26N2O3/c23-18-11-12-19(24)22(18)17-10-6-9-16(13-17)20(25)21-14-15-7-4-2-1-3-5-8-15/h6,9-10,13,15H,1-5,7-8,11-12,14H2,(H,21,25). The highest BCUT2D eigenvalue weighted by Crippen LogP contribution is 2.24. The molecule has 1 N–H and O–H groups in total. The predicted octanol–water partition coefficient (Wildman–Crippen LogP) is 3.43. The molecule has 3 rings (SSSR count). The van der Waals surface area contributed by atoms with Gasteiger partial charge in [-0.25, -0.2) is 0 Å². The molecule has 5 heteroatoms. The number of benzene rings is 1. The summed E-state index contributed by atoms with van der Waals surface area (Å²) in [6.45, 7) is 0.699. The summed E-state index contributed by atoms with van der Waals surface area (Å²) >= 11 is 0. The summed E-state index contributed by atoms with van der Waals surface area (Å²) in [4.78, 5) is 37.4. The zero-order valence-corrected chi connectivity index (χ0v) is 14.6. The molecule has 25 heavy (non-hydrogen) atoms. The van der Waals surface area contributed by atoms with Crippen molar-refractivity contribution in [2.75, 3.05) is 11.4 Å². The lowest BCUT2D eigenvalue weighted by atomic mass is 9.91. The summed E-state index contributed by atoms with van der Waals surface area (Å²) in [6, 6.07) is 6.78. The van der Waals surface area contributed by atoms with Gasteiger partial charge in [0, 0.05) is 24.9 Å². The van der Waals surface area contributed by atoms with E-state index < -0.39 is 0 Å². The average molecular weight is 342 g/mol. The first-order valence-electron chi connectivity index (χ1n) is 9.39. The van der Waals surface area contributed by atoms with E-state index in [0.717, 1.165) is 0 Å². The lowest BCUT2D eigenvalue weighted by Gasteiger charge is -2.20. The molecule has 0 spiro atoms. The minimum Gasteiger partial charge on any atom is -0.352 e. The third-order valence-electron chi connectivity index (χ3n) is 5.19. The second-order valence-corrected chi connectivity index (χ2v) is 7.09. The van der Waals surface area contributed by atoms with Crippen LogP contribution in [0.15, 0.2) is 24.3 Å². The van der Waals surface area contributed by atoms with Gasteiger partial charge in [0.2, 0.25) is 11.8 Å². The molecule has 1 saturated carbocycles. The van der Waals surface area contributed by atoms with Crippen LogP contribution in [0.2, 0.25) is 0 Å². The van der Waals surface area contributed by atoms with Crippen molar-refractivity contribution in [3.05, 3.63) is 29.8 Å². The van der Waals surface area contributed by atoms with Crippen molar-refractivity contribution >= 4 is 23.4 Å². The van der Waals surface area contributed by atoms with Gasteiger partial charge in [0.1, 0.15) is 0 Å². The Morgan fingerprint density at radius 1 is 1.00 bits per heavy atom. The number of carbonyl (C=O) groups excluding carboxylic acids is 3. The Balaban J connectivity index is 1.61. The Kier molecular flexibility index (Phi) is 5.84. The molecule has 3 amide bonds. The molecule has 5 nitrogen and oxygen atoms in total. The van der Waals surface area contributed by atoms with Crippen molar-refractivity contribution < 1.29 is 14.4 Å². The number of anilines is 1. The average Bonchev–Trinajstić information content (AvgIpc) is 2.92. The van der Waals surface area contributed by atoms with E-state index in [9.17, 15) is 14.4 Å². The summed E-state index contributed by atoms with van der Waals surface area (Å²) in [7, 11) is 0. The topological polar surface area (TPSA) is 66.5 Å². The van der Waals surface area contributed by atoms with Gasteiger partial charge in [0.05, 0.1) is 5.69 Å². The maximum atomic E-state index is 12.5. The van der Waals surface area contributed by atoms with Gasteiger partial charge < -0.3 is 5.32 Å². The van der Waals surface area contributed by atoms with Crippen LogP contribution >= 0.6 is 0 Å². The Bertz CT molecular complexity index is 632. The molecule has 1 aromatic rings. The molecule has 0 unspecified atom stereocenters. The highest BCUT2D eigenvalue weighted by molar-refractivity contribution is 6.20. The first-order valence-corrected chi connectivity index (χ1v) is 9.39. The van der Waals surface area contributed by atoms with Gasteiger partial charge in [-0.2, -0.15) is 0 Å². The number of carbonyl (C=O) groups is 3. The lowest BCUT2D eigenvalue weighted by molar-refractivity contribution is -0.121. The summed E-state index contributed by atoms with van der Waals surface area (Å²) < 4.78 is 0. The largest absolute Gasteiger partial charge is 0.352 e. The first-order chi connectivity index (χ1) is 12.1. The SMILES string of the molecule is O=C(NCC1CCCCCCC1)c1cccc(N2C(=O)CCC2=O)c1. The van der Waals surface area contributed by atoms with Crippen LogP contribution in [-0.2, 0) is 9.59 Å². The molecule has 2 aliphatic rings. The highest BCUT2D eigenvalue weighted by atomic mass is 16.2. The second-order valence-electron chi connectivity index (χ2n) is 7.09. The second kappa shape index (κ2) is 8.28. The fourth-order valence-corrected chi connectivity index (χ4v) is 3.73. The molecule has 1 aromatic carbocycles. The molecule has 1 heterocycles. The van der Waals surface area contributed by atoms with Gasteiger partial charge in [-0.1, -0.05) is 38.2 Å². The van der Waals surface area contributed by atoms with Gasteiger partial charge in [0.25, 0.3) is 5.91 Å². The van der Waals surface area contributed by atoms with Crippen LogP contribution in [0.5, 0.6) is 0 Å². The van der Waals surface area contributed by atoms with Crippen LogP contribution in [-0.4, -0.2) is 24.3 Å². The Labute approximate surface area is 148 Å². The molecular formula is C20H26N2O3. The Hall–Kier alpha value is -2.17. The van der Waals surface area contributed by atoms with Crippen LogP contribution < -0.4 is 10.2 Å². The Morgan fingerprint density at radius 3 is 2.32 bits per heavy atom. The van der Waals surface area contributed by atoms with Gasteiger partial charge in [-0.05, 0) is 37.0 Å². The lowest BCUT2D eigenvalue weighted by Crippen LogP contribution is -2.31. The van der Waals surface area contributed by atoms with Crippen molar-refractivity contribution in [1.82, 2.24) is 5.32 Å². The quantitative estimate of drug-likeness (QED) is 0.853. The van der Waals surface area contributed by atoms with Crippen LogP contribution in [0.1, 0.15) is 68.1 Å². The summed E-state index contributed by atoms with van der Waals surface area (Å²) in [5.74, 6) is 0.0198. The molecule has 134 valence electrons. The maximum absolute atomic E-state index is 12.5. The first kappa shape index (κ1) is 17.6. The van der Waals surface area contributed by atoms with Crippen LogP contribution in [0.3, 0.4) is 0 Å². The molecule has 1 saturated heterocycles. The third kappa shape index (κ3) is 4.47. The van der Waals surface area contributed by atoms with Gasteiger partial charge >= 0.3 is 0 Å². The van der Waals surface area contributed by atoms with Gasteiger partial charge in [-0.15, -0.1) is 0 Å². The van der Waals surface area contributed by atoms with Crippen molar-refractivity contribution in [2.24, 2.45) is 5.92 Å². The van der Waals surface area contributed by atoms with E-state index >= 15 is 0 Å². The van der Waals surface area contributed by atoms with Crippen molar-refractivity contribution in [2.45, 2.75) is 57.8 Å². The number of hydrogen-bond donors (Lipinski definition) is 1. The van der Waals surface area contributed by atoms with Crippen LogP contribution in [0.25, 0.3) is 0 Å². The fraction of sp³-hybridized carbons (Fsp3) is 0.550. The third-order valence-corrected chi connectivity index (χ3v) is 5.19. The van der Waals surface area contributed by atoms with Crippen molar-refractivity contribution in [3.63, 3.8) is 0 Å². The molecule has 0 aromatic heterocycles. The monoisotopic (exact) mass is 342 g/mol. The zero-order valence-electron chi connectivity index (χ0n) is 14.6. The fourth-order valence-electron chi connectivity index (χ4n) is 3.73. The molecular weight excluding hydrogens is 316 g/mol. The summed E-state index contributed by atoms with van der Waals surface area (Å²) in [6.07, 6.45) is 9.26. The summed E-state index contributed by atoms with van der Waals surface area (Å²) in [5.41, 5.74) is 0.988. The van der Waals surface area contributed by atoms with E-state index in [1.54, 1.807) is 24.3 Å². The van der Waals surface area contributed by atoms with Crippen LogP contribution in [0, 0.1) is 5.92 Å². The molecule has 0 bridgehead atoms. The summed E-state index contributed by atoms with van der Waals surface area (Å²) in [5, 5.41) is 3.03. The van der Waals surface area contributed by atoms with E-state index in [0.29, 0.717) is 23.7 Å². The number of nitrogens with one attached hydrogen (secondary N) is 1. The van der Waals surface area contributed by atoms with Gasteiger partial charge in [0.15, 0.2) is 0 Å². The van der Waals surface area contributed by atoms with E-state index in [1.165, 1.54) is 49.8 Å². The normalized spacial score (nSPS) is 19.6. The zero-order chi connectivity index (χ0) is 17.6. The van der Waals surface area contributed by atoms with E-state index in [1.807, 2.05) is 0 Å². The van der Waals surface area contributed by atoms with Crippen LogP contribution in [0.4, 0.5) is 5.69 Å². The number of rotatable bonds is 4. The number of imide groups is 1. The minimum absolute atomic E-state index is 0.136. The smallest absolute Gasteiger partial charge is 0.251 e. The molecule has 2 fully saturated rings. The predicted molar refractivity (Wildman–Crippen MR) is 96.3 cm³/mol. The van der Waals surface area contributed by atoms with E-state index in [-0.39, 0.29) is 30.6 Å². The van der Waals surface area contributed by atoms with Crippen molar-refractivity contribution in [1.29, 1.82) is 0 Å². The number of nitrogens with zero attached hydrogens (tertiary/aromatic N) is 1. The number of amides is 3. The molecule has 1 aliphatic heterocycles. The van der Waals surface area contributed by atoms with Crippen molar-refractivity contribution in [3.8, 4) is 0 Å².